The number of ether oxygens (including phenoxy) is 1. The molecular formula is C19H29N5O2. The molecular weight excluding hydrogens is 330 g/mol. The Morgan fingerprint density at radius 1 is 1.35 bits per heavy atom. The number of carbonyl (C=O) groups excluding carboxylic acids is 1. The Labute approximate surface area is 155 Å². The lowest BCUT2D eigenvalue weighted by atomic mass is 9.64. The summed E-state index contributed by atoms with van der Waals surface area (Å²) in [6, 6.07) is 2.48. The molecule has 3 aliphatic rings. The van der Waals surface area contributed by atoms with Gasteiger partial charge in [0.2, 0.25) is 5.91 Å². The standard InChI is InChI=1S/C19H29N5O2/c1-22(17-2-5-20-15-21-17)16-12-19(13-16)4-7-24(14-19)18(25)3-6-23-8-10-26-11-9-23/h2,5,15-16H,3-4,6-14H2,1H3. The molecule has 0 bridgehead atoms. The summed E-state index contributed by atoms with van der Waals surface area (Å²) < 4.78 is 5.37. The summed E-state index contributed by atoms with van der Waals surface area (Å²) in [5.74, 6) is 1.30. The Hall–Kier alpha value is -1.73. The molecule has 0 unspecified atom stereocenters. The molecule has 2 saturated heterocycles. The molecule has 0 N–H and O–H groups in total. The fraction of sp³-hybridized carbons (Fsp3) is 0.737. The van der Waals surface area contributed by atoms with E-state index in [1.807, 2.05) is 6.07 Å². The summed E-state index contributed by atoms with van der Waals surface area (Å²) in [5, 5.41) is 0. The second-order valence-electron chi connectivity index (χ2n) is 8.01. The van der Waals surface area contributed by atoms with Crippen molar-refractivity contribution in [3.05, 3.63) is 18.6 Å². The summed E-state index contributed by atoms with van der Waals surface area (Å²) in [4.78, 5) is 27.6. The minimum Gasteiger partial charge on any atom is -0.379 e. The van der Waals surface area contributed by atoms with Gasteiger partial charge in [0.15, 0.2) is 0 Å². The first kappa shape index (κ1) is 17.7. The quantitative estimate of drug-likeness (QED) is 0.782. The molecule has 1 saturated carbocycles. The normalized spacial score (nSPS) is 29.0. The zero-order valence-electron chi connectivity index (χ0n) is 15.6. The van der Waals surface area contributed by atoms with Crippen LogP contribution in [0.25, 0.3) is 0 Å². The van der Waals surface area contributed by atoms with Crippen molar-refractivity contribution in [2.75, 3.05) is 57.9 Å². The van der Waals surface area contributed by atoms with Crippen molar-refractivity contribution in [2.24, 2.45) is 5.41 Å². The highest BCUT2D eigenvalue weighted by atomic mass is 16.5. The number of aromatic nitrogens is 2. The second-order valence-corrected chi connectivity index (χ2v) is 8.01. The molecule has 0 radical (unpaired) electrons. The monoisotopic (exact) mass is 359 g/mol. The highest BCUT2D eigenvalue weighted by Gasteiger charge is 2.50. The SMILES string of the molecule is CN(c1ccncn1)C1CC2(CCN(C(=O)CCN3CCOCC3)C2)C1. The van der Waals surface area contributed by atoms with Crippen molar-refractivity contribution in [2.45, 2.75) is 31.7 Å². The van der Waals surface area contributed by atoms with Gasteiger partial charge in [-0.1, -0.05) is 0 Å². The fourth-order valence-electron chi connectivity index (χ4n) is 4.61. The molecule has 1 amide bonds. The summed E-state index contributed by atoms with van der Waals surface area (Å²) in [6.07, 6.45) is 7.48. The van der Waals surface area contributed by atoms with E-state index < -0.39 is 0 Å². The molecule has 1 spiro atoms. The lowest BCUT2D eigenvalue weighted by Gasteiger charge is -2.49. The average Bonchev–Trinajstić information content (AvgIpc) is 3.12. The summed E-state index contributed by atoms with van der Waals surface area (Å²) in [6.45, 7) is 6.22. The Kier molecular flexibility index (Phi) is 5.09. The van der Waals surface area contributed by atoms with Gasteiger partial charge in [-0.3, -0.25) is 9.69 Å². The van der Waals surface area contributed by atoms with Crippen molar-refractivity contribution in [1.82, 2.24) is 19.8 Å². The van der Waals surface area contributed by atoms with Crippen molar-refractivity contribution in [3.63, 3.8) is 0 Å². The Morgan fingerprint density at radius 2 is 2.15 bits per heavy atom. The summed E-state index contributed by atoms with van der Waals surface area (Å²) in [5.41, 5.74) is 0.334. The fourth-order valence-corrected chi connectivity index (χ4v) is 4.61. The van der Waals surface area contributed by atoms with Crippen LogP contribution in [0.15, 0.2) is 18.6 Å². The zero-order chi connectivity index (χ0) is 18.0. The van der Waals surface area contributed by atoms with Crippen molar-refractivity contribution < 1.29 is 9.53 Å². The number of hydrogen-bond acceptors (Lipinski definition) is 6. The summed E-state index contributed by atoms with van der Waals surface area (Å²) in [7, 11) is 2.11. The van der Waals surface area contributed by atoms with E-state index >= 15 is 0 Å². The van der Waals surface area contributed by atoms with E-state index in [9.17, 15) is 4.79 Å². The second kappa shape index (κ2) is 7.48. The van der Waals surface area contributed by atoms with Gasteiger partial charge in [-0.25, -0.2) is 9.97 Å². The molecule has 3 heterocycles. The lowest BCUT2D eigenvalue weighted by molar-refractivity contribution is -0.131. The van der Waals surface area contributed by atoms with Crippen molar-refractivity contribution >= 4 is 11.7 Å². The van der Waals surface area contributed by atoms with Crippen molar-refractivity contribution in [3.8, 4) is 0 Å². The highest BCUT2D eigenvalue weighted by molar-refractivity contribution is 5.76. The largest absolute Gasteiger partial charge is 0.379 e. The average molecular weight is 359 g/mol. The van der Waals surface area contributed by atoms with E-state index in [1.165, 1.54) is 0 Å². The lowest BCUT2D eigenvalue weighted by Crippen LogP contribution is -2.51. The van der Waals surface area contributed by atoms with Gasteiger partial charge in [0, 0.05) is 58.4 Å². The Bertz CT molecular complexity index is 614. The molecule has 7 heteroatoms. The van der Waals surface area contributed by atoms with Gasteiger partial charge in [0.05, 0.1) is 13.2 Å². The van der Waals surface area contributed by atoms with Gasteiger partial charge < -0.3 is 14.5 Å². The Balaban J connectivity index is 1.23. The van der Waals surface area contributed by atoms with Crippen LogP contribution in [0.2, 0.25) is 0 Å². The maximum atomic E-state index is 12.6. The molecule has 1 aromatic heterocycles. The number of nitrogens with zero attached hydrogens (tertiary/aromatic N) is 5. The minimum atomic E-state index is 0.320. The van der Waals surface area contributed by atoms with Crippen LogP contribution in [0, 0.1) is 5.41 Å². The van der Waals surface area contributed by atoms with E-state index in [-0.39, 0.29) is 0 Å². The third kappa shape index (κ3) is 3.69. The van der Waals surface area contributed by atoms with Gasteiger partial charge in [0.1, 0.15) is 12.1 Å². The minimum absolute atomic E-state index is 0.320. The van der Waals surface area contributed by atoms with Crippen LogP contribution >= 0.6 is 0 Å². The molecule has 142 valence electrons. The number of anilines is 1. The number of carbonyl (C=O) groups is 1. The molecule has 7 nitrogen and oxygen atoms in total. The highest BCUT2D eigenvalue weighted by Crippen LogP contribution is 2.50. The van der Waals surface area contributed by atoms with E-state index in [4.69, 9.17) is 4.74 Å². The molecule has 4 rings (SSSR count). The van der Waals surface area contributed by atoms with Crippen LogP contribution in [0.1, 0.15) is 25.7 Å². The van der Waals surface area contributed by atoms with Crippen LogP contribution in [0.5, 0.6) is 0 Å². The third-order valence-corrected chi connectivity index (χ3v) is 6.35. The van der Waals surface area contributed by atoms with Crippen LogP contribution < -0.4 is 4.90 Å². The van der Waals surface area contributed by atoms with Crippen LogP contribution in [-0.2, 0) is 9.53 Å². The van der Waals surface area contributed by atoms with Crippen molar-refractivity contribution in [1.29, 1.82) is 0 Å². The first-order valence-electron chi connectivity index (χ1n) is 9.72. The predicted molar refractivity (Wildman–Crippen MR) is 99.0 cm³/mol. The molecule has 0 aromatic carbocycles. The van der Waals surface area contributed by atoms with Gasteiger partial charge in [-0.15, -0.1) is 0 Å². The predicted octanol–water partition coefficient (Wildman–Crippen LogP) is 1.02. The van der Waals surface area contributed by atoms with E-state index in [2.05, 4.69) is 31.7 Å². The van der Waals surface area contributed by atoms with E-state index in [1.54, 1.807) is 12.5 Å². The molecule has 2 aliphatic heterocycles. The number of hydrogen-bond donors (Lipinski definition) is 0. The first-order chi connectivity index (χ1) is 12.7. The third-order valence-electron chi connectivity index (χ3n) is 6.35. The van der Waals surface area contributed by atoms with Gasteiger partial charge in [0.25, 0.3) is 0 Å². The molecule has 1 aromatic rings. The molecule has 3 fully saturated rings. The van der Waals surface area contributed by atoms with E-state index in [0.29, 0.717) is 23.8 Å². The maximum absolute atomic E-state index is 12.6. The van der Waals surface area contributed by atoms with E-state index in [0.717, 1.165) is 71.0 Å². The number of rotatable bonds is 5. The maximum Gasteiger partial charge on any atom is 0.223 e. The first-order valence-corrected chi connectivity index (χ1v) is 9.72. The smallest absolute Gasteiger partial charge is 0.223 e. The van der Waals surface area contributed by atoms with Crippen LogP contribution in [0.3, 0.4) is 0 Å². The molecule has 26 heavy (non-hydrogen) atoms. The summed E-state index contributed by atoms with van der Waals surface area (Å²) >= 11 is 0. The number of amides is 1. The topological polar surface area (TPSA) is 61.8 Å². The molecule has 0 atom stereocenters. The van der Waals surface area contributed by atoms with Gasteiger partial charge >= 0.3 is 0 Å². The number of morpholine rings is 1. The zero-order valence-corrected chi connectivity index (χ0v) is 15.6. The van der Waals surface area contributed by atoms with Crippen LogP contribution in [0.4, 0.5) is 5.82 Å². The molecule has 1 aliphatic carbocycles. The number of likely N-dealkylation sites (tertiary alicyclic amines) is 1. The van der Waals surface area contributed by atoms with Crippen LogP contribution in [-0.4, -0.2) is 84.7 Å². The Morgan fingerprint density at radius 3 is 2.88 bits per heavy atom. The van der Waals surface area contributed by atoms with Gasteiger partial charge in [-0.05, 0) is 30.7 Å². The van der Waals surface area contributed by atoms with Gasteiger partial charge in [-0.2, -0.15) is 0 Å².